The monoisotopic (exact) mass is 312 g/mol. The van der Waals surface area contributed by atoms with Gasteiger partial charge in [-0.15, -0.1) is 11.3 Å². The summed E-state index contributed by atoms with van der Waals surface area (Å²) in [5.74, 6) is -0.345. The first kappa shape index (κ1) is 14.2. The van der Waals surface area contributed by atoms with E-state index in [1.807, 2.05) is 12.3 Å². The Labute approximate surface area is 129 Å². The maximum atomic E-state index is 12.2. The number of para-hydroxylation sites is 1. The number of anilines is 1. The van der Waals surface area contributed by atoms with Gasteiger partial charge in [0.2, 0.25) is 5.91 Å². The number of nitrogens with one attached hydrogen (secondary N) is 1. The van der Waals surface area contributed by atoms with Crippen LogP contribution in [-0.2, 0) is 4.79 Å². The normalized spacial score (nSPS) is 11.1. The lowest BCUT2D eigenvalue weighted by Crippen LogP contribution is -2.09. The van der Waals surface area contributed by atoms with E-state index in [0.717, 1.165) is 5.69 Å². The summed E-state index contributed by atoms with van der Waals surface area (Å²) in [7, 11) is 0. The summed E-state index contributed by atoms with van der Waals surface area (Å²) in [6.45, 7) is 1.85. The number of hydrogen-bond acceptors (Lipinski definition) is 5. The molecule has 0 aliphatic rings. The third-order valence-electron chi connectivity index (χ3n) is 2.97. The van der Waals surface area contributed by atoms with Crippen LogP contribution in [0.4, 0.5) is 5.13 Å². The number of benzene rings is 1. The second-order valence-electron chi connectivity index (χ2n) is 4.63. The van der Waals surface area contributed by atoms with Crippen molar-refractivity contribution in [3.63, 3.8) is 0 Å². The molecule has 0 atom stereocenters. The summed E-state index contributed by atoms with van der Waals surface area (Å²) in [6.07, 6.45) is 4.08. The molecular formula is C16H12N2O3S. The summed E-state index contributed by atoms with van der Waals surface area (Å²) in [5.41, 5.74) is 1.52. The molecule has 0 saturated carbocycles. The van der Waals surface area contributed by atoms with Gasteiger partial charge in [0.1, 0.15) is 11.8 Å². The molecule has 3 rings (SSSR count). The predicted octanol–water partition coefficient (Wildman–Crippen LogP) is 3.21. The van der Waals surface area contributed by atoms with Gasteiger partial charge in [-0.1, -0.05) is 12.1 Å². The maximum absolute atomic E-state index is 12.2. The summed E-state index contributed by atoms with van der Waals surface area (Å²) >= 11 is 1.35. The van der Waals surface area contributed by atoms with Crippen LogP contribution in [0.3, 0.4) is 0 Å². The first-order chi connectivity index (χ1) is 10.6. The standard InChI is InChI=1S/C16H12N2O3S/c1-10-9-22-16(17-10)18-14(19)7-6-11-8-21-13-5-3-2-4-12(13)15(11)20/h2-9H,1H3,(H,17,18,19)/b7-6+. The molecule has 2 aromatic heterocycles. The number of fused-ring (bicyclic) bond motifs is 1. The van der Waals surface area contributed by atoms with Crippen LogP contribution >= 0.6 is 11.3 Å². The Bertz CT molecular complexity index is 924. The average Bonchev–Trinajstić information content (AvgIpc) is 2.92. The lowest BCUT2D eigenvalue weighted by atomic mass is 10.1. The second kappa shape index (κ2) is 5.95. The fourth-order valence-corrected chi connectivity index (χ4v) is 2.62. The Morgan fingerprint density at radius 3 is 2.95 bits per heavy atom. The molecule has 0 unspecified atom stereocenters. The van der Waals surface area contributed by atoms with Gasteiger partial charge >= 0.3 is 0 Å². The quantitative estimate of drug-likeness (QED) is 0.754. The van der Waals surface area contributed by atoms with Gasteiger partial charge in [-0.3, -0.25) is 14.9 Å². The van der Waals surface area contributed by atoms with Crippen LogP contribution in [0.1, 0.15) is 11.3 Å². The number of carbonyl (C=O) groups is 1. The molecule has 2 heterocycles. The molecule has 0 radical (unpaired) electrons. The first-order valence-electron chi connectivity index (χ1n) is 6.55. The van der Waals surface area contributed by atoms with Gasteiger partial charge in [-0.25, -0.2) is 4.98 Å². The lowest BCUT2D eigenvalue weighted by molar-refractivity contribution is -0.111. The third-order valence-corrected chi connectivity index (χ3v) is 3.85. The first-order valence-corrected chi connectivity index (χ1v) is 7.43. The minimum atomic E-state index is -0.345. The van der Waals surface area contributed by atoms with Gasteiger partial charge in [0.15, 0.2) is 10.6 Å². The molecule has 1 amide bonds. The van der Waals surface area contributed by atoms with Crippen molar-refractivity contribution in [3.05, 3.63) is 63.5 Å². The topological polar surface area (TPSA) is 72.2 Å². The van der Waals surface area contributed by atoms with Crippen LogP contribution in [0.15, 0.2) is 51.2 Å². The summed E-state index contributed by atoms with van der Waals surface area (Å²) in [4.78, 5) is 28.2. The number of carbonyl (C=O) groups excluding carboxylic acids is 1. The van der Waals surface area contributed by atoms with Crippen LogP contribution in [0.5, 0.6) is 0 Å². The number of thiazole rings is 1. The molecule has 110 valence electrons. The minimum absolute atomic E-state index is 0.170. The summed E-state index contributed by atoms with van der Waals surface area (Å²) < 4.78 is 5.38. The smallest absolute Gasteiger partial charge is 0.250 e. The molecule has 0 spiro atoms. The van der Waals surface area contributed by atoms with Gasteiger partial charge in [0.05, 0.1) is 16.6 Å². The predicted molar refractivity (Wildman–Crippen MR) is 87.0 cm³/mol. The zero-order valence-electron chi connectivity index (χ0n) is 11.7. The fraction of sp³-hybridized carbons (Fsp3) is 0.0625. The number of nitrogens with zero attached hydrogens (tertiary/aromatic N) is 1. The highest BCUT2D eigenvalue weighted by molar-refractivity contribution is 7.13. The van der Waals surface area contributed by atoms with E-state index in [2.05, 4.69) is 10.3 Å². The highest BCUT2D eigenvalue weighted by Gasteiger charge is 2.05. The molecule has 1 aromatic carbocycles. The largest absolute Gasteiger partial charge is 0.463 e. The molecule has 6 heteroatoms. The molecule has 3 aromatic rings. The van der Waals surface area contributed by atoms with Gasteiger partial charge in [0.25, 0.3) is 0 Å². The minimum Gasteiger partial charge on any atom is -0.463 e. The Kier molecular flexibility index (Phi) is 3.84. The molecule has 22 heavy (non-hydrogen) atoms. The lowest BCUT2D eigenvalue weighted by Gasteiger charge is -1.98. The molecule has 5 nitrogen and oxygen atoms in total. The number of amides is 1. The van der Waals surface area contributed by atoms with Crippen LogP contribution < -0.4 is 10.7 Å². The average molecular weight is 312 g/mol. The van der Waals surface area contributed by atoms with Gasteiger partial charge in [-0.05, 0) is 25.1 Å². The number of hydrogen-bond donors (Lipinski definition) is 1. The number of rotatable bonds is 3. The molecular weight excluding hydrogens is 300 g/mol. The van der Waals surface area contributed by atoms with Crippen LogP contribution in [0.25, 0.3) is 17.0 Å². The van der Waals surface area contributed by atoms with Crippen molar-refractivity contribution >= 4 is 39.4 Å². The number of aromatic nitrogens is 1. The fourth-order valence-electron chi connectivity index (χ4n) is 1.93. The molecule has 1 N–H and O–H groups in total. The molecule has 0 aliphatic heterocycles. The van der Waals surface area contributed by atoms with Crippen molar-refractivity contribution in [2.24, 2.45) is 0 Å². The van der Waals surface area contributed by atoms with E-state index in [0.29, 0.717) is 21.7 Å². The van der Waals surface area contributed by atoms with E-state index in [1.54, 1.807) is 24.3 Å². The van der Waals surface area contributed by atoms with Crippen molar-refractivity contribution in [3.8, 4) is 0 Å². The van der Waals surface area contributed by atoms with E-state index < -0.39 is 0 Å². The van der Waals surface area contributed by atoms with Crippen molar-refractivity contribution in [2.75, 3.05) is 5.32 Å². The summed E-state index contributed by atoms with van der Waals surface area (Å²) in [6, 6.07) is 6.98. The van der Waals surface area contributed by atoms with E-state index in [4.69, 9.17) is 4.42 Å². The third kappa shape index (κ3) is 2.96. The molecule has 0 bridgehead atoms. The SMILES string of the molecule is Cc1csc(NC(=O)/C=C/c2coc3ccccc3c2=O)n1. The van der Waals surface area contributed by atoms with Crippen molar-refractivity contribution in [2.45, 2.75) is 6.92 Å². The van der Waals surface area contributed by atoms with Crippen LogP contribution in [0.2, 0.25) is 0 Å². The summed E-state index contributed by atoms with van der Waals surface area (Å²) in [5, 5.41) is 5.50. The van der Waals surface area contributed by atoms with Crippen molar-refractivity contribution in [1.82, 2.24) is 4.98 Å². The van der Waals surface area contributed by atoms with E-state index >= 15 is 0 Å². The van der Waals surface area contributed by atoms with Gasteiger partial charge in [0, 0.05) is 11.5 Å². The second-order valence-corrected chi connectivity index (χ2v) is 5.49. The van der Waals surface area contributed by atoms with E-state index in [9.17, 15) is 9.59 Å². The number of aryl methyl sites for hydroxylation is 1. The van der Waals surface area contributed by atoms with E-state index in [-0.39, 0.29) is 11.3 Å². The Balaban J connectivity index is 1.82. The molecule has 0 aliphatic carbocycles. The zero-order valence-corrected chi connectivity index (χ0v) is 12.5. The van der Waals surface area contributed by atoms with E-state index in [1.165, 1.54) is 29.8 Å². The van der Waals surface area contributed by atoms with Gasteiger partial charge in [-0.2, -0.15) is 0 Å². The van der Waals surface area contributed by atoms with Crippen molar-refractivity contribution in [1.29, 1.82) is 0 Å². The maximum Gasteiger partial charge on any atom is 0.250 e. The van der Waals surface area contributed by atoms with Crippen LogP contribution in [0, 0.1) is 6.92 Å². The van der Waals surface area contributed by atoms with Crippen molar-refractivity contribution < 1.29 is 9.21 Å². The van der Waals surface area contributed by atoms with Crippen LogP contribution in [-0.4, -0.2) is 10.9 Å². The van der Waals surface area contributed by atoms with Gasteiger partial charge < -0.3 is 4.42 Å². The highest BCUT2D eigenvalue weighted by Crippen LogP contribution is 2.14. The molecule has 0 saturated heterocycles. The highest BCUT2D eigenvalue weighted by atomic mass is 32.1. The molecule has 0 fully saturated rings. The zero-order chi connectivity index (χ0) is 15.5. The Morgan fingerprint density at radius 1 is 1.36 bits per heavy atom. The Hall–Kier alpha value is -2.73. The Morgan fingerprint density at radius 2 is 2.18 bits per heavy atom.